The molecule has 1 heterocycles. The first-order chi connectivity index (χ1) is 8.97. The zero-order valence-corrected chi connectivity index (χ0v) is 11.9. The molecule has 1 atom stereocenters. The zero-order chi connectivity index (χ0) is 14.0. The second-order valence-electron chi connectivity index (χ2n) is 4.62. The molecule has 1 amide bonds. The van der Waals surface area contributed by atoms with Crippen molar-refractivity contribution in [2.45, 2.75) is 26.8 Å². The van der Waals surface area contributed by atoms with Crippen molar-refractivity contribution in [3.05, 3.63) is 46.7 Å². The number of rotatable bonds is 3. The fraction of sp³-hybridized carbons (Fsp3) is 0.286. The largest absolute Gasteiger partial charge is 0.324 e. The van der Waals surface area contributed by atoms with Crippen molar-refractivity contribution in [1.29, 1.82) is 0 Å². The van der Waals surface area contributed by atoms with E-state index in [1.807, 2.05) is 32.0 Å². The third-order valence-electron chi connectivity index (χ3n) is 3.00. The van der Waals surface area contributed by atoms with Crippen molar-refractivity contribution in [2.24, 2.45) is 0 Å². The van der Waals surface area contributed by atoms with Crippen LogP contribution in [0.15, 0.2) is 30.6 Å². The van der Waals surface area contributed by atoms with Gasteiger partial charge >= 0.3 is 0 Å². The number of aromatic nitrogens is 2. The number of carbonyl (C=O) groups excluding carboxylic acids is 1. The molecule has 2 rings (SSSR count). The van der Waals surface area contributed by atoms with Crippen molar-refractivity contribution in [3.63, 3.8) is 0 Å². The molecule has 1 N–H and O–H groups in total. The molecule has 19 heavy (non-hydrogen) atoms. The predicted molar refractivity (Wildman–Crippen MR) is 76.5 cm³/mol. The van der Waals surface area contributed by atoms with Gasteiger partial charge in [-0.2, -0.15) is 5.10 Å². The number of benzene rings is 1. The summed E-state index contributed by atoms with van der Waals surface area (Å²) in [7, 11) is 0. The van der Waals surface area contributed by atoms with Crippen LogP contribution in [0.25, 0.3) is 0 Å². The Bertz CT molecular complexity index is 606. The van der Waals surface area contributed by atoms with Gasteiger partial charge in [-0.25, -0.2) is 0 Å². The summed E-state index contributed by atoms with van der Waals surface area (Å²) in [4.78, 5) is 12.2. The summed E-state index contributed by atoms with van der Waals surface area (Å²) < 4.78 is 1.54. The Morgan fingerprint density at radius 1 is 1.42 bits per heavy atom. The van der Waals surface area contributed by atoms with Gasteiger partial charge in [0, 0.05) is 11.9 Å². The summed E-state index contributed by atoms with van der Waals surface area (Å²) in [5.74, 6) is -0.117. The van der Waals surface area contributed by atoms with Crippen LogP contribution in [0.1, 0.15) is 24.1 Å². The SMILES string of the molecule is Cc1ccc(C)c(NC(=O)C(C)n2cc(Cl)cn2)c1. The van der Waals surface area contributed by atoms with E-state index < -0.39 is 6.04 Å². The Hall–Kier alpha value is -1.81. The second-order valence-corrected chi connectivity index (χ2v) is 5.06. The molecule has 0 fully saturated rings. The fourth-order valence-electron chi connectivity index (χ4n) is 1.75. The van der Waals surface area contributed by atoms with E-state index >= 15 is 0 Å². The second kappa shape index (κ2) is 5.45. The molecule has 0 spiro atoms. The Morgan fingerprint density at radius 3 is 2.79 bits per heavy atom. The highest BCUT2D eigenvalue weighted by Crippen LogP contribution is 2.18. The Morgan fingerprint density at radius 2 is 2.16 bits per heavy atom. The van der Waals surface area contributed by atoms with Crippen molar-refractivity contribution in [3.8, 4) is 0 Å². The summed E-state index contributed by atoms with van der Waals surface area (Å²) in [6, 6.07) is 5.55. The molecule has 0 saturated carbocycles. The van der Waals surface area contributed by atoms with E-state index in [-0.39, 0.29) is 5.91 Å². The van der Waals surface area contributed by atoms with Gasteiger partial charge in [0.15, 0.2) is 0 Å². The van der Waals surface area contributed by atoms with Crippen molar-refractivity contribution < 1.29 is 4.79 Å². The Kier molecular flexibility index (Phi) is 3.90. The molecule has 0 radical (unpaired) electrons. The van der Waals surface area contributed by atoms with E-state index in [2.05, 4.69) is 10.4 Å². The molecule has 0 saturated heterocycles. The van der Waals surface area contributed by atoms with Crippen LogP contribution in [0.5, 0.6) is 0 Å². The van der Waals surface area contributed by atoms with Gasteiger partial charge in [0.1, 0.15) is 6.04 Å². The maximum Gasteiger partial charge on any atom is 0.248 e. The zero-order valence-electron chi connectivity index (χ0n) is 11.1. The maximum atomic E-state index is 12.2. The van der Waals surface area contributed by atoms with E-state index in [1.54, 1.807) is 17.8 Å². The van der Waals surface area contributed by atoms with Crippen LogP contribution in [-0.2, 0) is 4.79 Å². The van der Waals surface area contributed by atoms with Gasteiger partial charge in [0.2, 0.25) is 5.91 Å². The number of anilines is 1. The van der Waals surface area contributed by atoms with Crippen LogP contribution >= 0.6 is 11.6 Å². The van der Waals surface area contributed by atoms with E-state index in [0.717, 1.165) is 16.8 Å². The van der Waals surface area contributed by atoms with E-state index in [1.165, 1.54) is 6.20 Å². The summed E-state index contributed by atoms with van der Waals surface area (Å²) >= 11 is 5.80. The minimum absolute atomic E-state index is 0.117. The standard InChI is InChI=1S/C14H16ClN3O/c1-9-4-5-10(2)13(6-9)17-14(19)11(3)18-8-12(15)7-16-18/h4-8,11H,1-3H3,(H,17,19). The summed E-state index contributed by atoms with van der Waals surface area (Å²) in [5.41, 5.74) is 2.97. The van der Waals surface area contributed by atoms with Crippen LogP contribution in [0.4, 0.5) is 5.69 Å². The van der Waals surface area contributed by atoms with Crippen LogP contribution in [0, 0.1) is 13.8 Å². The Labute approximate surface area is 117 Å². The number of nitrogens with zero attached hydrogens (tertiary/aromatic N) is 2. The van der Waals surface area contributed by atoms with Gasteiger partial charge < -0.3 is 5.32 Å². The molecule has 100 valence electrons. The smallest absolute Gasteiger partial charge is 0.248 e. The van der Waals surface area contributed by atoms with Gasteiger partial charge in [-0.3, -0.25) is 9.48 Å². The quantitative estimate of drug-likeness (QED) is 0.935. The number of halogens is 1. The van der Waals surface area contributed by atoms with Crippen molar-refractivity contribution in [1.82, 2.24) is 9.78 Å². The van der Waals surface area contributed by atoms with Gasteiger partial charge in [-0.05, 0) is 38.0 Å². The lowest BCUT2D eigenvalue weighted by Gasteiger charge is -2.14. The number of hydrogen-bond donors (Lipinski definition) is 1. The highest BCUT2D eigenvalue weighted by atomic mass is 35.5. The molecule has 5 heteroatoms. The molecule has 2 aromatic rings. The van der Waals surface area contributed by atoms with Crippen LogP contribution in [0.3, 0.4) is 0 Å². The minimum atomic E-state index is -0.410. The normalized spacial score (nSPS) is 12.2. The first-order valence-electron chi connectivity index (χ1n) is 6.05. The monoisotopic (exact) mass is 277 g/mol. The lowest BCUT2D eigenvalue weighted by atomic mass is 10.1. The molecular formula is C14H16ClN3O. The molecular weight excluding hydrogens is 262 g/mol. The van der Waals surface area contributed by atoms with E-state index in [4.69, 9.17) is 11.6 Å². The number of carbonyl (C=O) groups is 1. The molecule has 1 aromatic heterocycles. The Balaban J connectivity index is 2.14. The van der Waals surface area contributed by atoms with E-state index in [0.29, 0.717) is 5.02 Å². The molecule has 0 aliphatic heterocycles. The molecule has 0 bridgehead atoms. The van der Waals surface area contributed by atoms with Crippen LogP contribution < -0.4 is 5.32 Å². The summed E-state index contributed by atoms with van der Waals surface area (Å²) in [5, 5.41) is 7.48. The van der Waals surface area contributed by atoms with Crippen LogP contribution in [-0.4, -0.2) is 15.7 Å². The lowest BCUT2D eigenvalue weighted by molar-refractivity contribution is -0.119. The first-order valence-corrected chi connectivity index (χ1v) is 6.43. The topological polar surface area (TPSA) is 46.9 Å². The minimum Gasteiger partial charge on any atom is -0.324 e. The highest BCUT2D eigenvalue weighted by Gasteiger charge is 2.16. The number of hydrogen-bond acceptors (Lipinski definition) is 2. The molecule has 1 unspecified atom stereocenters. The average molecular weight is 278 g/mol. The lowest BCUT2D eigenvalue weighted by Crippen LogP contribution is -2.24. The van der Waals surface area contributed by atoms with Gasteiger partial charge in [0.25, 0.3) is 0 Å². The molecule has 1 aromatic carbocycles. The van der Waals surface area contributed by atoms with Gasteiger partial charge in [-0.1, -0.05) is 23.7 Å². The molecule has 4 nitrogen and oxygen atoms in total. The third-order valence-corrected chi connectivity index (χ3v) is 3.19. The molecule has 0 aliphatic rings. The summed E-state index contributed by atoms with van der Waals surface area (Å²) in [6.07, 6.45) is 3.15. The average Bonchev–Trinajstić information content (AvgIpc) is 2.79. The highest BCUT2D eigenvalue weighted by molar-refractivity contribution is 6.30. The van der Waals surface area contributed by atoms with Crippen LogP contribution in [0.2, 0.25) is 5.02 Å². The third kappa shape index (κ3) is 3.15. The predicted octanol–water partition coefficient (Wildman–Crippen LogP) is 3.35. The number of aryl methyl sites for hydroxylation is 2. The number of amides is 1. The fourth-order valence-corrected chi connectivity index (χ4v) is 1.90. The van der Waals surface area contributed by atoms with Crippen molar-refractivity contribution >= 4 is 23.2 Å². The molecule has 0 aliphatic carbocycles. The van der Waals surface area contributed by atoms with E-state index in [9.17, 15) is 4.79 Å². The van der Waals surface area contributed by atoms with Gasteiger partial charge in [0.05, 0.1) is 11.2 Å². The summed E-state index contributed by atoms with van der Waals surface area (Å²) in [6.45, 7) is 5.74. The maximum absolute atomic E-state index is 12.2. The van der Waals surface area contributed by atoms with Crippen molar-refractivity contribution in [2.75, 3.05) is 5.32 Å². The van der Waals surface area contributed by atoms with Gasteiger partial charge in [-0.15, -0.1) is 0 Å². The number of nitrogens with one attached hydrogen (secondary N) is 1. The first kappa shape index (κ1) is 13.6.